The lowest BCUT2D eigenvalue weighted by Crippen LogP contribution is -2.08. The van der Waals surface area contributed by atoms with Crippen molar-refractivity contribution in [1.82, 2.24) is 4.98 Å². The van der Waals surface area contributed by atoms with E-state index >= 15 is 0 Å². The molecule has 2 rings (SSSR count). The first-order valence-corrected chi connectivity index (χ1v) is 7.15. The average Bonchev–Trinajstić information content (AvgIpc) is 2.61. The van der Waals surface area contributed by atoms with Gasteiger partial charge in [-0.25, -0.2) is 9.59 Å². The maximum absolute atomic E-state index is 12.0. The summed E-state index contributed by atoms with van der Waals surface area (Å²) < 4.78 is 10.1. The zero-order valence-corrected chi connectivity index (χ0v) is 12.9. The highest BCUT2D eigenvalue weighted by molar-refractivity contribution is 5.98. The Morgan fingerprint density at radius 1 is 1.25 bits per heavy atom. The summed E-state index contributed by atoms with van der Waals surface area (Å²) in [6.07, 6.45) is 4.37. The van der Waals surface area contributed by atoms with Crippen molar-refractivity contribution in [3.05, 3.63) is 65.5 Å². The van der Waals surface area contributed by atoms with E-state index in [1.165, 1.54) is 18.5 Å². The summed E-state index contributed by atoms with van der Waals surface area (Å²) in [5.74, 6) is -0.921. The summed E-state index contributed by atoms with van der Waals surface area (Å²) >= 11 is 0. The molecule has 24 heavy (non-hydrogen) atoms. The SMILES string of the molecule is CCOC(=O)/C(C#N)=C/c1cccc(OC(=O)c2ccncc2)c1. The number of carbonyl (C=O) groups excluding carboxylic acids is 2. The van der Waals surface area contributed by atoms with E-state index in [1.807, 2.05) is 0 Å². The molecule has 0 aliphatic rings. The van der Waals surface area contributed by atoms with Crippen LogP contribution in [0.1, 0.15) is 22.8 Å². The van der Waals surface area contributed by atoms with Gasteiger partial charge in [0.25, 0.3) is 0 Å². The quantitative estimate of drug-likeness (QED) is 0.364. The van der Waals surface area contributed by atoms with Crippen LogP contribution in [0.4, 0.5) is 0 Å². The Bertz CT molecular complexity index is 807. The number of aromatic nitrogens is 1. The minimum Gasteiger partial charge on any atom is -0.462 e. The van der Waals surface area contributed by atoms with Gasteiger partial charge in [-0.2, -0.15) is 5.26 Å². The fraction of sp³-hybridized carbons (Fsp3) is 0.111. The molecule has 0 amide bonds. The van der Waals surface area contributed by atoms with Crippen LogP contribution in [-0.2, 0) is 9.53 Å². The monoisotopic (exact) mass is 322 g/mol. The van der Waals surface area contributed by atoms with Crippen molar-refractivity contribution < 1.29 is 19.1 Å². The molecule has 0 N–H and O–H groups in total. The number of esters is 2. The van der Waals surface area contributed by atoms with Gasteiger partial charge in [0.2, 0.25) is 0 Å². The average molecular weight is 322 g/mol. The van der Waals surface area contributed by atoms with Crippen LogP contribution in [-0.4, -0.2) is 23.5 Å². The van der Waals surface area contributed by atoms with Gasteiger partial charge in [0.05, 0.1) is 12.2 Å². The van der Waals surface area contributed by atoms with E-state index in [2.05, 4.69) is 4.98 Å². The van der Waals surface area contributed by atoms with E-state index in [9.17, 15) is 9.59 Å². The van der Waals surface area contributed by atoms with Crippen molar-refractivity contribution in [3.8, 4) is 11.8 Å². The first-order valence-electron chi connectivity index (χ1n) is 7.15. The fourth-order valence-electron chi connectivity index (χ4n) is 1.83. The number of rotatable bonds is 5. The second-order valence-corrected chi connectivity index (χ2v) is 4.59. The Balaban J connectivity index is 2.18. The highest BCUT2D eigenvalue weighted by Crippen LogP contribution is 2.17. The Kier molecular flexibility index (Phi) is 5.81. The molecule has 120 valence electrons. The van der Waals surface area contributed by atoms with E-state index in [0.29, 0.717) is 16.9 Å². The van der Waals surface area contributed by atoms with Gasteiger partial charge in [-0.05, 0) is 42.8 Å². The normalized spacial score (nSPS) is 10.6. The minimum atomic E-state index is -0.695. The molecule has 6 nitrogen and oxygen atoms in total. The third-order valence-electron chi connectivity index (χ3n) is 2.91. The number of ether oxygens (including phenoxy) is 2. The van der Waals surface area contributed by atoms with E-state index in [0.717, 1.165) is 0 Å². The number of nitrogens with zero attached hydrogens (tertiary/aromatic N) is 2. The molecule has 0 radical (unpaired) electrons. The summed E-state index contributed by atoms with van der Waals surface area (Å²) in [7, 11) is 0. The second-order valence-electron chi connectivity index (χ2n) is 4.59. The van der Waals surface area contributed by atoms with Gasteiger partial charge >= 0.3 is 11.9 Å². The zero-order chi connectivity index (χ0) is 17.4. The Morgan fingerprint density at radius 2 is 2.00 bits per heavy atom. The minimum absolute atomic E-state index is 0.130. The van der Waals surface area contributed by atoms with Crippen molar-refractivity contribution in [1.29, 1.82) is 5.26 Å². The zero-order valence-electron chi connectivity index (χ0n) is 12.9. The summed E-state index contributed by atoms with van der Waals surface area (Å²) in [5, 5.41) is 9.04. The lowest BCUT2D eigenvalue weighted by atomic mass is 10.1. The van der Waals surface area contributed by atoms with Crippen molar-refractivity contribution in [2.75, 3.05) is 6.61 Å². The molecule has 0 bridgehead atoms. The van der Waals surface area contributed by atoms with Gasteiger partial charge < -0.3 is 9.47 Å². The van der Waals surface area contributed by atoms with Crippen molar-refractivity contribution in [2.45, 2.75) is 6.92 Å². The van der Waals surface area contributed by atoms with Crippen LogP contribution >= 0.6 is 0 Å². The molecule has 1 aromatic heterocycles. The van der Waals surface area contributed by atoms with Crippen LogP contribution in [0.5, 0.6) is 5.75 Å². The Hall–Kier alpha value is -3.46. The standard InChI is InChI=1S/C18H14N2O4/c1-2-23-17(21)15(12-19)10-13-4-3-5-16(11-13)24-18(22)14-6-8-20-9-7-14/h3-11H,2H2,1H3/b15-10+. The number of benzene rings is 1. The van der Waals surface area contributed by atoms with Crippen molar-refractivity contribution in [3.63, 3.8) is 0 Å². The van der Waals surface area contributed by atoms with E-state index in [4.69, 9.17) is 14.7 Å². The van der Waals surface area contributed by atoms with Crippen LogP contribution in [0, 0.1) is 11.3 Å². The number of pyridine rings is 1. The number of hydrogen-bond acceptors (Lipinski definition) is 6. The van der Waals surface area contributed by atoms with E-state index in [-0.39, 0.29) is 12.2 Å². The molecule has 2 aromatic rings. The van der Waals surface area contributed by atoms with Gasteiger partial charge in [0, 0.05) is 12.4 Å². The molecule has 0 saturated carbocycles. The highest BCUT2D eigenvalue weighted by atomic mass is 16.5. The predicted octanol–water partition coefficient (Wildman–Crippen LogP) is 2.77. The summed E-state index contributed by atoms with van der Waals surface area (Å²) in [6, 6.07) is 11.4. The number of carbonyl (C=O) groups is 2. The van der Waals surface area contributed by atoms with Crippen molar-refractivity contribution in [2.24, 2.45) is 0 Å². The number of hydrogen-bond donors (Lipinski definition) is 0. The Morgan fingerprint density at radius 3 is 2.67 bits per heavy atom. The first-order chi connectivity index (χ1) is 11.6. The van der Waals surface area contributed by atoms with E-state index in [1.54, 1.807) is 49.4 Å². The molecule has 0 saturated heterocycles. The molecule has 0 aliphatic carbocycles. The summed E-state index contributed by atoms with van der Waals surface area (Å²) in [6.45, 7) is 1.84. The van der Waals surface area contributed by atoms with Crippen molar-refractivity contribution >= 4 is 18.0 Å². The second kappa shape index (κ2) is 8.25. The van der Waals surface area contributed by atoms with E-state index < -0.39 is 11.9 Å². The lowest BCUT2D eigenvalue weighted by molar-refractivity contribution is -0.137. The lowest BCUT2D eigenvalue weighted by Gasteiger charge is -2.05. The summed E-state index contributed by atoms with van der Waals surface area (Å²) in [4.78, 5) is 27.5. The largest absolute Gasteiger partial charge is 0.462 e. The van der Waals surface area contributed by atoms with Gasteiger partial charge in [-0.3, -0.25) is 4.98 Å². The van der Waals surface area contributed by atoms with Gasteiger partial charge in [0.15, 0.2) is 0 Å². The molecule has 0 fully saturated rings. The molecule has 0 atom stereocenters. The van der Waals surface area contributed by atoms with Gasteiger partial charge in [-0.1, -0.05) is 12.1 Å². The molecular formula is C18H14N2O4. The molecule has 6 heteroatoms. The van der Waals surface area contributed by atoms with Crippen LogP contribution in [0.25, 0.3) is 6.08 Å². The predicted molar refractivity (Wildman–Crippen MR) is 85.9 cm³/mol. The third-order valence-corrected chi connectivity index (χ3v) is 2.91. The van der Waals surface area contributed by atoms with Crippen LogP contribution < -0.4 is 4.74 Å². The summed E-state index contributed by atoms with van der Waals surface area (Å²) in [5.41, 5.74) is 0.782. The molecule has 0 aliphatic heterocycles. The maximum Gasteiger partial charge on any atom is 0.348 e. The topological polar surface area (TPSA) is 89.3 Å². The van der Waals surface area contributed by atoms with Crippen LogP contribution in [0.2, 0.25) is 0 Å². The Labute approximate surface area is 139 Å². The molecule has 0 spiro atoms. The van der Waals surface area contributed by atoms with Crippen LogP contribution in [0.15, 0.2) is 54.4 Å². The first kappa shape index (κ1) is 16.9. The molecular weight excluding hydrogens is 308 g/mol. The molecule has 1 heterocycles. The molecule has 0 unspecified atom stereocenters. The van der Waals surface area contributed by atoms with Gasteiger partial charge in [0.1, 0.15) is 17.4 Å². The fourth-order valence-corrected chi connectivity index (χ4v) is 1.83. The van der Waals surface area contributed by atoms with Gasteiger partial charge in [-0.15, -0.1) is 0 Å². The maximum atomic E-state index is 12.0. The van der Waals surface area contributed by atoms with Crippen LogP contribution in [0.3, 0.4) is 0 Å². The molecule has 1 aromatic carbocycles. The smallest absolute Gasteiger partial charge is 0.348 e. The highest BCUT2D eigenvalue weighted by Gasteiger charge is 2.11. The third kappa shape index (κ3) is 4.52. The number of nitriles is 1.